The van der Waals surface area contributed by atoms with Crippen LogP contribution in [-0.4, -0.2) is 17.5 Å². The molecule has 2 heterocycles. The van der Waals surface area contributed by atoms with E-state index in [0.29, 0.717) is 43.9 Å². The smallest absolute Gasteiger partial charge is 0.132 e. The van der Waals surface area contributed by atoms with E-state index in [9.17, 15) is 8.78 Å². The molecule has 2 aliphatic rings. The van der Waals surface area contributed by atoms with Crippen LogP contribution in [0.1, 0.15) is 132 Å². The van der Waals surface area contributed by atoms with Gasteiger partial charge in [0.1, 0.15) is 23.3 Å². The average molecular weight is 1560 g/mol. The van der Waals surface area contributed by atoms with E-state index in [1.165, 1.54) is 105 Å². The number of hydrogen-bond acceptors (Lipinski definition) is 2. The Bertz CT molecular complexity index is 3620. The molecular formula is C80H85F4I2N2P5. The molecule has 2 saturated heterocycles. The molecule has 1 N–H and O–H groups in total. The number of aryl methyl sites for hydroxylation is 4. The summed E-state index contributed by atoms with van der Waals surface area (Å²) in [6.07, 6.45) is 9.34. The van der Waals surface area contributed by atoms with Gasteiger partial charge in [-0.25, -0.2) is 17.6 Å². The molecule has 13 heteroatoms. The highest BCUT2D eigenvalue weighted by atomic mass is 127. The summed E-state index contributed by atoms with van der Waals surface area (Å²) in [7, 11) is -2.42. The van der Waals surface area contributed by atoms with E-state index < -0.39 is 21.7 Å². The summed E-state index contributed by atoms with van der Waals surface area (Å²) in [5.41, 5.74) is 11.9. The Kier molecular flexibility index (Phi) is 29.1. The molecule has 482 valence electrons. The number of hydrogen-bond donors (Lipinski definition) is 1. The van der Waals surface area contributed by atoms with Crippen LogP contribution in [0.2, 0.25) is 0 Å². The van der Waals surface area contributed by atoms with E-state index in [4.69, 9.17) is 0 Å². The van der Waals surface area contributed by atoms with Gasteiger partial charge in [0.05, 0.1) is 0 Å². The first-order chi connectivity index (χ1) is 45.2. The fourth-order valence-electron chi connectivity index (χ4n) is 11.8. The van der Waals surface area contributed by atoms with Crippen LogP contribution in [0.15, 0.2) is 255 Å². The van der Waals surface area contributed by atoms with Gasteiger partial charge in [-0.15, -0.1) is 0 Å². The van der Waals surface area contributed by atoms with Crippen molar-refractivity contribution < 1.29 is 17.6 Å². The van der Waals surface area contributed by atoms with Crippen molar-refractivity contribution in [1.82, 2.24) is 9.53 Å². The predicted octanol–water partition coefficient (Wildman–Crippen LogP) is 23.6. The molecule has 2 nitrogen and oxygen atoms in total. The summed E-state index contributed by atoms with van der Waals surface area (Å²) < 4.78 is 60.9. The van der Waals surface area contributed by atoms with Crippen molar-refractivity contribution in [3.63, 3.8) is 0 Å². The fourth-order valence-corrected chi connectivity index (χ4v) is 29.1. The molecule has 0 spiro atoms. The number of nitrogens with zero attached hydrogens (tertiary/aromatic N) is 1. The van der Waals surface area contributed by atoms with Gasteiger partial charge >= 0.3 is 0 Å². The molecule has 10 aromatic rings. The second-order valence-corrected chi connectivity index (χ2v) is 39.9. The Morgan fingerprint density at radius 2 is 0.677 bits per heavy atom. The summed E-state index contributed by atoms with van der Waals surface area (Å²) in [4.78, 5) is 0. The summed E-state index contributed by atoms with van der Waals surface area (Å²) in [5.74, 6) is -1.04. The summed E-state index contributed by atoms with van der Waals surface area (Å²) in [6.45, 7) is 15.1. The van der Waals surface area contributed by atoms with Gasteiger partial charge in [-0.05, 0) is 202 Å². The Labute approximate surface area is 584 Å². The summed E-state index contributed by atoms with van der Waals surface area (Å²) >= 11 is 4.65. The lowest BCUT2D eigenvalue weighted by Gasteiger charge is -2.42. The number of benzene rings is 10. The number of halogens is 6. The van der Waals surface area contributed by atoms with Crippen LogP contribution in [0.4, 0.5) is 17.6 Å². The van der Waals surface area contributed by atoms with Crippen molar-refractivity contribution in [3.05, 3.63) is 323 Å². The molecule has 0 bridgehead atoms. The summed E-state index contributed by atoms with van der Waals surface area (Å²) in [5, 5.41) is 9.21. The first-order valence-corrected chi connectivity index (χ1v) is 44.8. The van der Waals surface area contributed by atoms with Crippen LogP contribution in [0.25, 0.3) is 0 Å². The molecule has 10 aromatic carbocycles. The summed E-state index contributed by atoms with van der Waals surface area (Å²) in [6, 6.07) is 84.9. The normalized spacial score (nSPS) is 16.4. The van der Waals surface area contributed by atoms with Gasteiger partial charge < -0.3 is 0 Å². The molecule has 0 aliphatic carbocycles. The Morgan fingerprint density at radius 3 is 1.01 bits per heavy atom. The lowest BCUT2D eigenvalue weighted by atomic mass is 10.0. The van der Waals surface area contributed by atoms with Crippen LogP contribution >= 0.6 is 79.4 Å². The number of unbranched alkanes of at least 4 members (excludes halogenated alkanes) is 2. The SMILES string of the molecule is CCCCN(P(c1ccccc1F)c1ccccc1F)P1[C@H](c2ccc(C)cc2)CC[C@H]1c1ccc(C)cc1.CCCCNP1[C@H](c2ccc(C)cc2)CC[C@H]1c1ccc(C)cc1.Fc1ccccc1P(I)c1ccccc1F.IP(c1ccccc1)c1ccccc1. The van der Waals surface area contributed by atoms with Crippen LogP contribution < -0.4 is 36.9 Å². The highest BCUT2D eigenvalue weighted by Crippen LogP contribution is 2.76. The molecule has 0 unspecified atom stereocenters. The highest BCUT2D eigenvalue weighted by molar-refractivity contribution is 14.2. The molecule has 2 fully saturated rings. The molecule has 2 aliphatic heterocycles. The second-order valence-electron chi connectivity index (χ2n) is 23.7. The minimum absolute atomic E-state index is 0.201. The molecule has 0 radical (unpaired) electrons. The Hall–Kier alpha value is -4.55. The van der Waals surface area contributed by atoms with Gasteiger partial charge in [0.2, 0.25) is 0 Å². The van der Waals surface area contributed by atoms with E-state index in [1.54, 1.807) is 48.5 Å². The first-order valence-electron chi connectivity index (χ1n) is 32.4. The maximum absolute atomic E-state index is 15.6. The third-order valence-corrected chi connectivity index (χ3v) is 36.0. The monoisotopic (exact) mass is 1560 g/mol. The van der Waals surface area contributed by atoms with Crippen molar-refractivity contribution in [3.8, 4) is 0 Å². The largest absolute Gasteiger partial charge is 0.295 e. The van der Waals surface area contributed by atoms with E-state index in [-0.39, 0.29) is 36.9 Å². The van der Waals surface area contributed by atoms with Gasteiger partial charge in [0, 0.05) is 69.6 Å². The van der Waals surface area contributed by atoms with Crippen molar-refractivity contribution in [2.24, 2.45) is 0 Å². The van der Waals surface area contributed by atoms with Crippen molar-refractivity contribution >= 4 is 111 Å². The standard InChI is InChI=1S/C34H37F2NP2.C22H30NP.C12H8F2IP.C12H10IP/c1-4-5-24-37(39(33-12-8-6-10-29(33)35)34-13-9-7-11-30(34)36)38-31(27-18-14-25(2)15-19-27)22-23-32(38)28-20-16-26(3)17-21-28;1-4-5-16-23-24-21(19-10-6-17(2)7-11-19)14-15-22(24)20-12-8-18(3)9-13-20;13-9-5-1-3-7-11(9)16(15)12-8-4-2-6-10(12)14;13-14(11-7-3-1-4-8-11)12-9-5-2-6-10-12/h6-21,31-32H,4-5,22-24H2,1-3H3;6-13,21-23H,4-5,14-16H2,1-3H3;1-8H;1-10H/t31-,32-;21-,22-;;/m00../s1. The van der Waals surface area contributed by atoms with Crippen LogP contribution in [-0.2, 0) is 0 Å². The zero-order chi connectivity index (χ0) is 65.6. The third-order valence-electron chi connectivity index (χ3n) is 16.9. The van der Waals surface area contributed by atoms with Crippen molar-refractivity contribution in [2.45, 2.75) is 116 Å². The van der Waals surface area contributed by atoms with E-state index in [2.05, 4.69) is 253 Å². The van der Waals surface area contributed by atoms with Crippen molar-refractivity contribution in [1.29, 1.82) is 0 Å². The van der Waals surface area contributed by atoms with Gasteiger partial charge in [-0.2, -0.15) is 0 Å². The second kappa shape index (κ2) is 37.3. The van der Waals surface area contributed by atoms with E-state index in [0.717, 1.165) is 38.8 Å². The van der Waals surface area contributed by atoms with Gasteiger partial charge in [0.15, 0.2) is 0 Å². The van der Waals surface area contributed by atoms with Crippen LogP contribution in [0, 0.1) is 51.0 Å². The zero-order valence-electron chi connectivity index (χ0n) is 54.1. The van der Waals surface area contributed by atoms with Gasteiger partial charge in [-0.1, -0.05) is 267 Å². The van der Waals surface area contributed by atoms with E-state index >= 15 is 8.78 Å². The van der Waals surface area contributed by atoms with Crippen molar-refractivity contribution in [2.75, 3.05) is 13.1 Å². The lowest BCUT2D eigenvalue weighted by molar-refractivity contribution is 0.617. The number of nitrogens with one attached hydrogen (secondary N) is 1. The number of rotatable bonds is 19. The maximum Gasteiger partial charge on any atom is 0.132 e. The molecule has 4 atom stereocenters. The topological polar surface area (TPSA) is 15.3 Å². The molecule has 12 rings (SSSR count). The first kappa shape index (κ1) is 72.7. The predicted molar refractivity (Wildman–Crippen MR) is 418 cm³/mol. The minimum Gasteiger partial charge on any atom is -0.295 e. The average Bonchev–Trinajstić information content (AvgIpc) is 1.72. The Balaban J connectivity index is 0.000000160. The molecule has 0 amide bonds. The van der Waals surface area contributed by atoms with Crippen LogP contribution in [0.5, 0.6) is 0 Å². The van der Waals surface area contributed by atoms with Gasteiger partial charge in [0.25, 0.3) is 0 Å². The molecule has 0 saturated carbocycles. The minimum atomic E-state index is -1.41. The van der Waals surface area contributed by atoms with E-state index in [1.807, 2.05) is 24.3 Å². The molecule has 0 aromatic heterocycles. The Morgan fingerprint density at radius 1 is 0.376 bits per heavy atom. The highest BCUT2D eigenvalue weighted by Gasteiger charge is 2.45. The molecule has 93 heavy (non-hydrogen) atoms. The third kappa shape index (κ3) is 20.1. The zero-order valence-corrected chi connectivity index (χ0v) is 62.9. The van der Waals surface area contributed by atoms with Crippen LogP contribution in [0.3, 0.4) is 0 Å². The van der Waals surface area contributed by atoms with Gasteiger partial charge in [-0.3, -0.25) is 9.53 Å². The molecular weight excluding hydrogens is 1470 g/mol. The lowest BCUT2D eigenvalue weighted by Crippen LogP contribution is -2.30. The fraction of sp³-hybridized carbons (Fsp3) is 0.250. The quantitative estimate of drug-likeness (QED) is 0.0376. The maximum atomic E-state index is 15.6.